The molecule has 0 atom stereocenters. The normalized spacial score (nSPS) is 14.4. The summed E-state index contributed by atoms with van der Waals surface area (Å²) < 4.78 is 0. The maximum Gasteiger partial charge on any atom is 0.253 e. The van der Waals surface area contributed by atoms with Crippen molar-refractivity contribution in [2.75, 3.05) is 30.3 Å². The summed E-state index contributed by atoms with van der Waals surface area (Å²) >= 11 is 0. The lowest BCUT2D eigenvalue weighted by Crippen LogP contribution is -2.31. The second-order valence-corrected chi connectivity index (χ2v) is 7.93. The van der Waals surface area contributed by atoms with Gasteiger partial charge in [0.25, 0.3) is 5.91 Å². The Kier molecular flexibility index (Phi) is 7.28. The van der Waals surface area contributed by atoms with Gasteiger partial charge in [-0.15, -0.1) is 0 Å². The van der Waals surface area contributed by atoms with Crippen molar-refractivity contribution in [2.45, 2.75) is 45.4 Å². The molecule has 0 bridgehead atoms. The molecule has 0 aromatic heterocycles. The fourth-order valence-corrected chi connectivity index (χ4v) is 3.68. The SMILES string of the molecule is CC(C)c1ccccc1NC(=O)CNc1ccc(C(=O)N2CCCCCC2)cc1. The molecule has 2 N–H and O–H groups in total. The van der Waals surface area contributed by atoms with Gasteiger partial charge in [0.05, 0.1) is 6.54 Å². The average molecular weight is 394 g/mol. The summed E-state index contributed by atoms with van der Waals surface area (Å²) in [7, 11) is 0. The number of hydrogen-bond donors (Lipinski definition) is 2. The minimum atomic E-state index is -0.0946. The molecule has 154 valence electrons. The van der Waals surface area contributed by atoms with E-state index in [1.165, 1.54) is 12.8 Å². The summed E-state index contributed by atoms with van der Waals surface area (Å²) in [5.41, 5.74) is 3.50. The van der Waals surface area contributed by atoms with Crippen molar-refractivity contribution in [3.8, 4) is 0 Å². The van der Waals surface area contributed by atoms with Crippen LogP contribution in [0.2, 0.25) is 0 Å². The standard InChI is InChI=1S/C24H31N3O2/c1-18(2)21-9-5-6-10-22(21)26-23(28)17-25-20-13-11-19(12-14-20)24(29)27-15-7-3-4-8-16-27/h5-6,9-14,18,25H,3-4,7-8,15-17H2,1-2H3,(H,26,28). The van der Waals surface area contributed by atoms with Gasteiger partial charge in [-0.3, -0.25) is 9.59 Å². The first-order valence-electron chi connectivity index (χ1n) is 10.6. The predicted octanol–water partition coefficient (Wildman–Crippen LogP) is 4.88. The molecule has 1 aliphatic heterocycles. The highest BCUT2D eigenvalue weighted by Gasteiger charge is 2.17. The maximum absolute atomic E-state index is 12.7. The van der Waals surface area contributed by atoms with Crippen LogP contribution < -0.4 is 10.6 Å². The molecule has 1 fully saturated rings. The minimum absolute atomic E-state index is 0.0946. The number of nitrogens with zero attached hydrogens (tertiary/aromatic N) is 1. The summed E-state index contributed by atoms with van der Waals surface area (Å²) in [6.07, 6.45) is 4.58. The largest absolute Gasteiger partial charge is 0.376 e. The van der Waals surface area contributed by atoms with E-state index in [1.807, 2.05) is 53.4 Å². The molecule has 1 aliphatic rings. The average Bonchev–Trinajstić information content (AvgIpc) is 3.02. The second kappa shape index (κ2) is 10.1. The number of likely N-dealkylation sites (tertiary alicyclic amines) is 1. The van der Waals surface area contributed by atoms with Crippen molar-refractivity contribution in [3.05, 3.63) is 59.7 Å². The van der Waals surface area contributed by atoms with Gasteiger partial charge in [0.2, 0.25) is 5.91 Å². The van der Waals surface area contributed by atoms with Crippen LogP contribution in [-0.4, -0.2) is 36.3 Å². The van der Waals surface area contributed by atoms with Crippen molar-refractivity contribution in [2.24, 2.45) is 0 Å². The molecule has 2 aromatic carbocycles. The van der Waals surface area contributed by atoms with E-state index in [4.69, 9.17) is 0 Å². The maximum atomic E-state index is 12.7. The number of benzene rings is 2. The Morgan fingerprint density at radius 2 is 1.59 bits per heavy atom. The number of nitrogens with one attached hydrogen (secondary N) is 2. The summed E-state index contributed by atoms with van der Waals surface area (Å²) in [6.45, 7) is 6.08. The van der Waals surface area contributed by atoms with Crippen LogP contribution in [0.15, 0.2) is 48.5 Å². The quantitative estimate of drug-likeness (QED) is 0.735. The summed E-state index contributed by atoms with van der Waals surface area (Å²) in [5, 5.41) is 6.11. The first-order chi connectivity index (χ1) is 14.0. The Balaban J connectivity index is 1.53. The third kappa shape index (κ3) is 5.83. The van der Waals surface area contributed by atoms with Gasteiger partial charge in [0.15, 0.2) is 0 Å². The van der Waals surface area contributed by atoms with Gasteiger partial charge < -0.3 is 15.5 Å². The number of anilines is 2. The first kappa shape index (κ1) is 20.9. The molecule has 5 heteroatoms. The molecule has 5 nitrogen and oxygen atoms in total. The molecule has 2 amide bonds. The van der Waals surface area contributed by atoms with E-state index in [-0.39, 0.29) is 18.4 Å². The van der Waals surface area contributed by atoms with Crippen LogP contribution in [0.5, 0.6) is 0 Å². The molecule has 2 aromatic rings. The molecule has 0 spiro atoms. The van der Waals surface area contributed by atoms with Crippen LogP contribution in [0.25, 0.3) is 0 Å². The Bertz CT molecular complexity index is 822. The molecule has 1 heterocycles. The van der Waals surface area contributed by atoms with E-state index in [9.17, 15) is 9.59 Å². The topological polar surface area (TPSA) is 61.4 Å². The molecule has 29 heavy (non-hydrogen) atoms. The number of para-hydroxylation sites is 1. The van der Waals surface area contributed by atoms with E-state index in [1.54, 1.807) is 0 Å². The zero-order valence-corrected chi connectivity index (χ0v) is 17.4. The lowest BCUT2D eigenvalue weighted by atomic mass is 10.0. The zero-order valence-electron chi connectivity index (χ0n) is 17.4. The molecule has 1 saturated heterocycles. The van der Waals surface area contributed by atoms with Gasteiger partial charge in [-0.25, -0.2) is 0 Å². The molecular formula is C24H31N3O2. The van der Waals surface area contributed by atoms with Crippen molar-refractivity contribution in [1.29, 1.82) is 0 Å². The van der Waals surface area contributed by atoms with Crippen LogP contribution in [0.3, 0.4) is 0 Å². The zero-order chi connectivity index (χ0) is 20.6. The van der Waals surface area contributed by atoms with Gasteiger partial charge in [0, 0.05) is 30.0 Å². The Morgan fingerprint density at radius 3 is 2.24 bits per heavy atom. The van der Waals surface area contributed by atoms with Crippen LogP contribution in [-0.2, 0) is 4.79 Å². The fraction of sp³-hybridized carbons (Fsp3) is 0.417. The highest BCUT2D eigenvalue weighted by atomic mass is 16.2. The van der Waals surface area contributed by atoms with Gasteiger partial charge in [-0.05, 0) is 54.7 Å². The van der Waals surface area contributed by atoms with Gasteiger partial charge in [0.1, 0.15) is 0 Å². The van der Waals surface area contributed by atoms with Gasteiger partial charge in [-0.1, -0.05) is 44.9 Å². The number of hydrogen-bond acceptors (Lipinski definition) is 3. The highest BCUT2D eigenvalue weighted by Crippen LogP contribution is 2.23. The number of amides is 2. The number of carbonyl (C=O) groups is 2. The van der Waals surface area contributed by atoms with E-state index in [0.717, 1.165) is 42.9 Å². The van der Waals surface area contributed by atoms with Crippen molar-refractivity contribution in [3.63, 3.8) is 0 Å². The summed E-state index contributed by atoms with van der Waals surface area (Å²) in [6, 6.07) is 15.3. The van der Waals surface area contributed by atoms with Gasteiger partial charge >= 0.3 is 0 Å². The van der Waals surface area contributed by atoms with Crippen LogP contribution >= 0.6 is 0 Å². The van der Waals surface area contributed by atoms with Crippen LogP contribution in [0, 0.1) is 0 Å². The Hall–Kier alpha value is -2.82. The monoisotopic (exact) mass is 393 g/mol. The van der Waals surface area contributed by atoms with Crippen LogP contribution in [0.1, 0.15) is 61.4 Å². The van der Waals surface area contributed by atoms with E-state index in [0.29, 0.717) is 11.5 Å². The molecule has 0 unspecified atom stereocenters. The second-order valence-electron chi connectivity index (χ2n) is 7.93. The van der Waals surface area contributed by atoms with Crippen molar-refractivity contribution in [1.82, 2.24) is 4.90 Å². The van der Waals surface area contributed by atoms with E-state index < -0.39 is 0 Å². The number of rotatable bonds is 6. The molecule has 0 saturated carbocycles. The first-order valence-corrected chi connectivity index (χ1v) is 10.6. The molecule has 0 radical (unpaired) electrons. The van der Waals surface area contributed by atoms with E-state index in [2.05, 4.69) is 24.5 Å². The molecular weight excluding hydrogens is 362 g/mol. The highest BCUT2D eigenvalue weighted by molar-refractivity contribution is 5.95. The Morgan fingerprint density at radius 1 is 0.931 bits per heavy atom. The smallest absolute Gasteiger partial charge is 0.253 e. The Labute approximate surface area is 173 Å². The lowest BCUT2D eigenvalue weighted by Gasteiger charge is -2.20. The van der Waals surface area contributed by atoms with Crippen LogP contribution in [0.4, 0.5) is 11.4 Å². The minimum Gasteiger partial charge on any atom is -0.376 e. The fourth-order valence-electron chi connectivity index (χ4n) is 3.68. The lowest BCUT2D eigenvalue weighted by molar-refractivity contribution is -0.114. The molecule has 0 aliphatic carbocycles. The third-order valence-corrected chi connectivity index (χ3v) is 5.34. The number of carbonyl (C=O) groups excluding carboxylic acids is 2. The van der Waals surface area contributed by atoms with E-state index >= 15 is 0 Å². The van der Waals surface area contributed by atoms with Crippen molar-refractivity contribution >= 4 is 23.2 Å². The third-order valence-electron chi connectivity index (χ3n) is 5.34. The van der Waals surface area contributed by atoms with Gasteiger partial charge in [-0.2, -0.15) is 0 Å². The summed E-state index contributed by atoms with van der Waals surface area (Å²) in [4.78, 5) is 27.0. The predicted molar refractivity (Wildman–Crippen MR) is 118 cm³/mol. The molecule has 3 rings (SSSR count). The summed E-state index contributed by atoms with van der Waals surface area (Å²) in [5.74, 6) is 0.345. The van der Waals surface area contributed by atoms with Crippen molar-refractivity contribution < 1.29 is 9.59 Å².